The summed E-state index contributed by atoms with van der Waals surface area (Å²) in [7, 11) is 0. The van der Waals surface area contributed by atoms with Crippen molar-refractivity contribution in [1.29, 1.82) is 0 Å². The van der Waals surface area contributed by atoms with Gasteiger partial charge in [-0.25, -0.2) is 0 Å². The quantitative estimate of drug-likeness (QED) is 0.823. The van der Waals surface area contributed by atoms with Gasteiger partial charge in [0.25, 0.3) is 0 Å². The standard InChI is InChI=1S/C15H20INO2/c16-13-4-1-3-12(7-13)10-19-14-8-15(11-18)5-2-6-17(15)9-14/h1,3-4,7,14,18H,2,5-6,8-11H2/t14-,15-/m0/s1. The molecule has 0 bridgehead atoms. The van der Waals surface area contributed by atoms with E-state index in [1.807, 2.05) is 0 Å². The molecule has 1 aromatic rings. The maximum atomic E-state index is 9.67. The molecule has 2 heterocycles. The number of ether oxygens (including phenoxy) is 1. The van der Waals surface area contributed by atoms with Gasteiger partial charge < -0.3 is 9.84 Å². The van der Waals surface area contributed by atoms with Gasteiger partial charge in [-0.05, 0) is 66.1 Å². The molecule has 1 aromatic carbocycles. The van der Waals surface area contributed by atoms with Crippen molar-refractivity contribution >= 4 is 22.6 Å². The van der Waals surface area contributed by atoms with E-state index in [9.17, 15) is 5.11 Å². The Hall–Kier alpha value is -0.170. The Bertz CT molecular complexity index is 454. The summed E-state index contributed by atoms with van der Waals surface area (Å²) in [6.07, 6.45) is 3.58. The van der Waals surface area contributed by atoms with Gasteiger partial charge in [0, 0.05) is 15.7 Å². The molecule has 19 heavy (non-hydrogen) atoms. The number of halogens is 1. The van der Waals surface area contributed by atoms with Gasteiger partial charge in [0.2, 0.25) is 0 Å². The molecule has 0 spiro atoms. The molecule has 4 heteroatoms. The van der Waals surface area contributed by atoms with Gasteiger partial charge in [-0.2, -0.15) is 0 Å². The van der Waals surface area contributed by atoms with Crippen molar-refractivity contribution in [2.45, 2.75) is 37.5 Å². The van der Waals surface area contributed by atoms with Crippen LogP contribution in [0.1, 0.15) is 24.8 Å². The summed E-state index contributed by atoms with van der Waals surface area (Å²) < 4.78 is 7.30. The van der Waals surface area contributed by atoms with Gasteiger partial charge >= 0.3 is 0 Å². The fourth-order valence-corrected chi connectivity index (χ4v) is 4.05. The highest BCUT2D eigenvalue weighted by molar-refractivity contribution is 14.1. The second-order valence-electron chi connectivity index (χ2n) is 5.70. The molecule has 104 valence electrons. The molecule has 2 aliphatic rings. The van der Waals surface area contributed by atoms with Crippen molar-refractivity contribution in [3.05, 3.63) is 33.4 Å². The first-order valence-electron chi connectivity index (χ1n) is 6.94. The fraction of sp³-hybridized carbons (Fsp3) is 0.600. The maximum absolute atomic E-state index is 9.67. The highest BCUT2D eigenvalue weighted by atomic mass is 127. The van der Waals surface area contributed by atoms with Crippen LogP contribution in [0.2, 0.25) is 0 Å². The summed E-state index contributed by atoms with van der Waals surface area (Å²) in [6, 6.07) is 8.44. The number of hydrogen-bond acceptors (Lipinski definition) is 3. The second kappa shape index (κ2) is 5.68. The lowest BCUT2D eigenvalue weighted by atomic mass is 9.94. The van der Waals surface area contributed by atoms with E-state index < -0.39 is 0 Å². The van der Waals surface area contributed by atoms with Crippen LogP contribution in [0.5, 0.6) is 0 Å². The Morgan fingerprint density at radius 1 is 1.47 bits per heavy atom. The molecule has 2 aliphatic heterocycles. The third kappa shape index (κ3) is 2.82. The summed E-state index contributed by atoms with van der Waals surface area (Å²) in [4.78, 5) is 2.42. The number of aliphatic hydroxyl groups excluding tert-OH is 1. The molecular formula is C15H20INO2. The average Bonchev–Trinajstić information content (AvgIpc) is 2.93. The molecule has 2 saturated heterocycles. The predicted molar refractivity (Wildman–Crippen MR) is 83.0 cm³/mol. The normalized spacial score (nSPS) is 30.7. The zero-order chi connectivity index (χ0) is 13.3. The highest BCUT2D eigenvalue weighted by Crippen LogP contribution is 2.39. The molecule has 3 nitrogen and oxygen atoms in total. The molecule has 1 N–H and O–H groups in total. The molecule has 3 rings (SSSR count). The maximum Gasteiger partial charge on any atom is 0.0725 e. The average molecular weight is 373 g/mol. The number of hydrogen-bond donors (Lipinski definition) is 1. The van der Waals surface area contributed by atoms with E-state index in [0.717, 1.165) is 25.9 Å². The lowest BCUT2D eigenvalue weighted by Crippen LogP contribution is -2.41. The summed E-state index contributed by atoms with van der Waals surface area (Å²) in [5.74, 6) is 0. The van der Waals surface area contributed by atoms with Gasteiger partial charge in [0.1, 0.15) is 0 Å². The third-order valence-corrected chi connectivity index (χ3v) is 5.11. The first kappa shape index (κ1) is 13.8. The van der Waals surface area contributed by atoms with Gasteiger partial charge in [0.05, 0.1) is 19.3 Å². The van der Waals surface area contributed by atoms with E-state index in [-0.39, 0.29) is 18.2 Å². The molecule has 0 aromatic heterocycles. The van der Waals surface area contributed by atoms with Crippen LogP contribution in [0.15, 0.2) is 24.3 Å². The van der Waals surface area contributed by atoms with E-state index in [4.69, 9.17) is 4.74 Å². The van der Waals surface area contributed by atoms with E-state index in [1.54, 1.807) is 0 Å². The summed E-state index contributed by atoms with van der Waals surface area (Å²) in [6.45, 7) is 3.04. The van der Waals surface area contributed by atoms with Crippen LogP contribution in [0.3, 0.4) is 0 Å². The number of nitrogens with zero attached hydrogens (tertiary/aromatic N) is 1. The largest absolute Gasteiger partial charge is 0.394 e. The van der Waals surface area contributed by atoms with Crippen molar-refractivity contribution < 1.29 is 9.84 Å². The fourth-order valence-electron chi connectivity index (χ4n) is 3.44. The second-order valence-corrected chi connectivity index (χ2v) is 6.94. The molecule has 2 fully saturated rings. The molecule has 2 atom stereocenters. The lowest BCUT2D eigenvalue weighted by molar-refractivity contribution is 0.0437. The SMILES string of the molecule is OC[C@@]12CCCN1C[C@@H](OCc1cccc(I)c1)C2. The first-order valence-corrected chi connectivity index (χ1v) is 8.02. The van der Waals surface area contributed by atoms with Crippen molar-refractivity contribution in [2.75, 3.05) is 19.7 Å². The minimum Gasteiger partial charge on any atom is -0.394 e. The zero-order valence-corrected chi connectivity index (χ0v) is 13.2. The lowest BCUT2D eigenvalue weighted by Gasteiger charge is -2.28. The minimum atomic E-state index is 0.0236. The molecule has 0 aliphatic carbocycles. The number of rotatable bonds is 4. The Morgan fingerprint density at radius 2 is 2.37 bits per heavy atom. The van der Waals surface area contributed by atoms with Crippen molar-refractivity contribution in [2.24, 2.45) is 0 Å². The Balaban J connectivity index is 1.58. The van der Waals surface area contributed by atoms with Crippen LogP contribution in [-0.4, -0.2) is 41.3 Å². The molecule has 0 saturated carbocycles. The van der Waals surface area contributed by atoms with E-state index in [0.29, 0.717) is 6.61 Å². The van der Waals surface area contributed by atoms with Crippen LogP contribution in [-0.2, 0) is 11.3 Å². The van der Waals surface area contributed by atoms with Crippen molar-refractivity contribution in [3.8, 4) is 0 Å². The van der Waals surface area contributed by atoms with Gasteiger partial charge in [-0.3, -0.25) is 4.90 Å². The topological polar surface area (TPSA) is 32.7 Å². The number of fused-ring (bicyclic) bond motifs is 1. The first-order chi connectivity index (χ1) is 9.22. The zero-order valence-electron chi connectivity index (χ0n) is 11.0. The van der Waals surface area contributed by atoms with Crippen molar-refractivity contribution in [3.63, 3.8) is 0 Å². The predicted octanol–water partition coefficient (Wildman–Crippen LogP) is 2.41. The van der Waals surface area contributed by atoms with Crippen LogP contribution in [0.25, 0.3) is 0 Å². The van der Waals surface area contributed by atoms with Gasteiger partial charge in [-0.15, -0.1) is 0 Å². The molecular weight excluding hydrogens is 353 g/mol. The summed E-state index contributed by atoms with van der Waals surface area (Å²) >= 11 is 2.33. The van der Waals surface area contributed by atoms with Crippen molar-refractivity contribution in [1.82, 2.24) is 4.90 Å². The molecule has 0 unspecified atom stereocenters. The Labute approximate surface area is 128 Å². The molecule has 0 radical (unpaired) electrons. The third-order valence-electron chi connectivity index (χ3n) is 4.44. The Kier molecular flexibility index (Phi) is 4.12. The number of benzene rings is 1. The molecule has 0 amide bonds. The minimum absolute atomic E-state index is 0.0236. The van der Waals surface area contributed by atoms with E-state index >= 15 is 0 Å². The Morgan fingerprint density at radius 3 is 3.11 bits per heavy atom. The van der Waals surface area contributed by atoms with Crippen LogP contribution < -0.4 is 0 Å². The van der Waals surface area contributed by atoms with Crippen LogP contribution >= 0.6 is 22.6 Å². The van der Waals surface area contributed by atoms with E-state index in [2.05, 4.69) is 51.8 Å². The monoisotopic (exact) mass is 373 g/mol. The van der Waals surface area contributed by atoms with Crippen LogP contribution in [0, 0.1) is 3.57 Å². The van der Waals surface area contributed by atoms with Crippen LogP contribution in [0.4, 0.5) is 0 Å². The number of aliphatic hydroxyl groups is 1. The smallest absolute Gasteiger partial charge is 0.0725 e. The highest BCUT2D eigenvalue weighted by Gasteiger charge is 2.48. The summed E-state index contributed by atoms with van der Waals surface area (Å²) in [5.41, 5.74) is 1.26. The summed E-state index contributed by atoms with van der Waals surface area (Å²) in [5, 5.41) is 9.67. The van der Waals surface area contributed by atoms with Gasteiger partial charge in [0.15, 0.2) is 0 Å². The van der Waals surface area contributed by atoms with Gasteiger partial charge in [-0.1, -0.05) is 12.1 Å². The van der Waals surface area contributed by atoms with E-state index in [1.165, 1.54) is 15.6 Å².